The number of hydrogen-bond acceptors (Lipinski definition) is 3. The quantitative estimate of drug-likeness (QED) is 0.712. The van der Waals surface area contributed by atoms with E-state index in [1.54, 1.807) is 13.8 Å². The molecule has 5 nitrogen and oxygen atoms in total. The van der Waals surface area contributed by atoms with Crippen molar-refractivity contribution in [1.29, 1.82) is 0 Å². The molecule has 0 radical (unpaired) electrons. The summed E-state index contributed by atoms with van der Waals surface area (Å²) in [5.41, 5.74) is -1.40. The molecule has 0 rings (SSSR count). The number of sulfonamides is 1. The smallest absolute Gasteiger partial charge is 0.324 e. The maximum atomic E-state index is 11.7. The van der Waals surface area contributed by atoms with Gasteiger partial charge in [0.25, 0.3) is 0 Å². The summed E-state index contributed by atoms with van der Waals surface area (Å²) in [7, 11) is -3.54. The number of carboxylic acid groups (broad SMARTS) is 1. The maximum Gasteiger partial charge on any atom is 0.324 e. The minimum absolute atomic E-state index is 0.0304. The van der Waals surface area contributed by atoms with Crippen LogP contribution in [0.3, 0.4) is 0 Å². The molecule has 0 amide bonds. The fourth-order valence-corrected chi connectivity index (χ4v) is 3.36. The van der Waals surface area contributed by atoms with Crippen LogP contribution in [-0.4, -0.2) is 30.8 Å². The maximum absolute atomic E-state index is 11.7. The van der Waals surface area contributed by atoms with Crippen LogP contribution in [0.4, 0.5) is 0 Å². The Morgan fingerprint density at radius 3 is 2.25 bits per heavy atom. The van der Waals surface area contributed by atoms with Gasteiger partial charge in [-0.2, -0.15) is 4.72 Å². The Balaban J connectivity index is 4.83. The second-order valence-electron chi connectivity index (χ2n) is 4.66. The molecule has 0 aromatic carbocycles. The highest BCUT2D eigenvalue weighted by Crippen LogP contribution is 2.15. The average Bonchev–Trinajstić information content (AvgIpc) is 1.99. The Bertz CT molecular complexity index is 337. The Hall–Kier alpha value is -0.620. The zero-order valence-corrected chi connectivity index (χ0v) is 11.1. The molecule has 0 heterocycles. The molecule has 0 aliphatic carbocycles. The Labute approximate surface area is 97.3 Å². The predicted molar refractivity (Wildman–Crippen MR) is 62.7 cm³/mol. The lowest BCUT2D eigenvalue weighted by atomic mass is 9.98. The molecule has 0 fully saturated rings. The molecule has 0 saturated carbocycles. The van der Waals surface area contributed by atoms with Gasteiger partial charge in [0, 0.05) is 0 Å². The van der Waals surface area contributed by atoms with Gasteiger partial charge in [-0.15, -0.1) is 0 Å². The zero-order chi connectivity index (χ0) is 13.0. The van der Waals surface area contributed by atoms with Crippen molar-refractivity contribution in [2.45, 2.75) is 46.1 Å². The van der Waals surface area contributed by atoms with Gasteiger partial charge in [-0.25, -0.2) is 8.42 Å². The summed E-state index contributed by atoms with van der Waals surface area (Å²) in [6.45, 7) is 6.77. The van der Waals surface area contributed by atoms with E-state index in [-0.39, 0.29) is 18.1 Å². The minimum atomic E-state index is -3.54. The van der Waals surface area contributed by atoms with Gasteiger partial charge in [0.05, 0.1) is 5.75 Å². The Morgan fingerprint density at radius 2 is 1.94 bits per heavy atom. The largest absolute Gasteiger partial charge is 0.480 e. The third-order valence-corrected chi connectivity index (χ3v) is 4.02. The van der Waals surface area contributed by atoms with Gasteiger partial charge in [0.2, 0.25) is 10.0 Å². The highest BCUT2D eigenvalue weighted by atomic mass is 32.2. The number of carbonyl (C=O) groups is 1. The van der Waals surface area contributed by atoms with Crippen molar-refractivity contribution in [1.82, 2.24) is 4.72 Å². The molecule has 0 spiro atoms. The lowest BCUT2D eigenvalue weighted by Crippen LogP contribution is -2.52. The predicted octanol–water partition coefficient (Wildman–Crippen LogP) is 1.21. The Morgan fingerprint density at radius 1 is 1.44 bits per heavy atom. The minimum Gasteiger partial charge on any atom is -0.480 e. The summed E-state index contributed by atoms with van der Waals surface area (Å²) in [6, 6.07) is 0. The van der Waals surface area contributed by atoms with E-state index in [4.69, 9.17) is 5.11 Å². The number of rotatable bonds is 7. The molecule has 16 heavy (non-hydrogen) atoms. The highest BCUT2D eigenvalue weighted by Gasteiger charge is 2.36. The highest BCUT2D eigenvalue weighted by molar-refractivity contribution is 7.89. The van der Waals surface area contributed by atoms with Crippen LogP contribution in [0.5, 0.6) is 0 Å². The van der Waals surface area contributed by atoms with E-state index < -0.39 is 21.5 Å². The van der Waals surface area contributed by atoms with Crippen LogP contribution in [0.15, 0.2) is 0 Å². The number of aliphatic carboxylic acids is 1. The fourth-order valence-electron chi connectivity index (χ4n) is 1.53. The van der Waals surface area contributed by atoms with Gasteiger partial charge in [0.15, 0.2) is 0 Å². The van der Waals surface area contributed by atoms with E-state index in [0.29, 0.717) is 6.42 Å². The monoisotopic (exact) mass is 251 g/mol. The first kappa shape index (κ1) is 15.4. The number of carboxylic acids is 1. The van der Waals surface area contributed by atoms with Crippen LogP contribution >= 0.6 is 0 Å². The van der Waals surface area contributed by atoms with Gasteiger partial charge in [-0.05, 0) is 19.3 Å². The molecule has 1 atom stereocenters. The molecule has 0 aliphatic rings. The van der Waals surface area contributed by atoms with Crippen molar-refractivity contribution in [3.8, 4) is 0 Å². The zero-order valence-electron chi connectivity index (χ0n) is 10.3. The second kappa shape index (κ2) is 5.63. The van der Waals surface area contributed by atoms with Crippen molar-refractivity contribution < 1.29 is 18.3 Å². The van der Waals surface area contributed by atoms with Gasteiger partial charge in [-0.3, -0.25) is 4.79 Å². The summed E-state index contributed by atoms with van der Waals surface area (Å²) in [5, 5.41) is 9.03. The first-order chi connectivity index (χ1) is 7.13. The second-order valence-corrected chi connectivity index (χ2v) is 6.43. The molecule has 0 aliphatic heterocycles. The van der Waals surface area contributed by atoms with Crippen molar-refractivity contribution in [3.63, 3.8) is 0 Å². The van der Waals surface area contributed by atoms with Crippen LogP contribution in [-0.2, 0) is 14.8 Å². The summed E-state index contributed by atoms with van der Waals surface area (Å²) in [5.74, 6) is -1.22. The van der Waals surface area contributed by atoms with Gasteiger partial charge < -0.3 is 5.11 Å². The molecular weight excluding hydrogens is 230 g/mol. The van der Waals surface area contributed by atoms with Crippen molar-refractivity contribution in [2.75, 3.05) is 5.75 Å². The molecule has 0 saturated heterocycles. The van der Waals surface area contributed by atoms with Crippen LogP contribution in [0.2, 0.25) is 0 Å². The van der Waals surface area contributed by atoms with Crippen molar-refractivity contribution in [2.24, 2.45) is 5.92 Å². The first-order valence-electron chi connectivity index (χ1n) is 5.38. The van der Waals surface area contributed by atoms with Crippen molar-refractivity contribution >= 4 is 16.0 Å². The van der Waals surface area contributed by atoms with Gasteiger partial charge >= 0.3 is 5.97 Å². The summed E-state index contributed by atoms with van der Waals surface area (Å²) >= 11 is 0. The van der Waals surface area contributed by atoms with Crippen LogP contribution in [0, 0.1) is 5.92 Å². The van der Waals surface area contributed by atoms with Gasteiger partial charge in [0.1, 0.15) is 5.54 Å². The first-order valence-corrected chi connectivity index (χ1v) is 7.03. The number of hydrogen-bond donors (Lipinski definition) is 2. The molecular formula is C10H21NO4S. The van der Waals surface area contributed by atoms with Crippen molar-refractivity contribution in [3.05, 3.63) is 0 Å². The van der Waals surface area contributed by atoms with Crippen LogP contribution < -0.4 is 4.72 Å². The molecule has 1 unspecified atom stereocenters. The third-order valence-electron chi connectivity index (χ3n) is 2.16. The fraction of sp³-hybridized carbons (Fsp3) is 0.900. The van der Waals surface area contributed by atoms with E-state index in [9.17, 15) is 13.2 Å². The summed E-state index contributed by atoms with van der Waals surface area (Å²) < 4.78 is 25.6. The van der Waals surface area contributed by atoms with E-state index in [2.05, 4.69) is 4.72 Å². The third kappa shape index (κ3) is 4.94. The molecule has 0 aromatic heterocycles. The lowest BCUT2D eigenvalue weighted by Gasteiger charge is -2.25. The molecule has 0 aromatic rings. The van der Waals surface area contributed by atoms with E-state index in [0.717, 1.165) is 0 Å². The summed E-state index contributed by atoms with van der Waals surface area (Å²) in [4.78, 5) is 11.0. The van der Waals surface area contributed by atoms with E-state index in [1.807, 2.05) is 6.92 Å². The molecule has 2 N–H and O–H groups in total. The molecule has 6 heteroatoms. The summed E-state index contributed by atoms with van der Waals surface area (Å²) in [6.07, 6.45) is 0.882. The number of nitrogens with one attached hydrogen (secondary N) is 1. The topological polar surface area (TPSA) is 83.5 Å². The molecule has 96 valence electrons. The van der Waals surface area contributed by atoms with Gasteiger partial charge in [-0.1, -0.05) is 27.2 Å². The van der Waals surface area contributed by atoms with E-state index >= 15 is 0 Å². The SMILES string of the molecule is CCCC(C)(NS(=O)(=O)CC(C)C)C(=O)O. The average molecular weight is 251 g/mol. The van der Waals surface area contributed by atoms with Crippen LogP contribution in [0.1, 0.15) is 40.5 Å². The molecule has 0 bridgehead atoms. The van der Waals surface area contributed by atoms with E-state index in [1.165, 1.54) is 6.92 Å². The standard InChI is InChI=1S/C10H21NO4S/c1-5-6-10(4,9(12)13)11-16(14,15)7-8(2)3/h8,11H,5-7H2,1-4H3,(H,12,13). The lowest BCUT2D eigenvalue weighted by molar-refractivity contribution is -0.143. The normalized spacial score (nSPS) is 16.1. The Kier molecular flexibility index (Phi) is 5.41. The van der Waals surface area contributed by atoms with Crippen LogP contribution in [0.25, 0.3) is 0 Å².